The van der Waals surface area contributed by atoms with Crippen LogP contribution in [0.4, 0.5) is 5.69 Å². The molecule has 2 aliphatic rings. The minimum atomic E-state index is -1.00. The number of nitrogens with zero attached hydrogens (tertiary/aromatic N) is 3. The van der Waals surface area contributed by atoms with Crippen LogP contribution in [0.5, 0.6) is 0 Å². The number of nitrogens with two attached hydrogens (primary N) is 1. The molecule has 2 aliphatic heterocycles. The standard InChI is InChI=1S/C25H34N6O/c1-30(2)23-9-4-7-21(19-23)20-6-3-8-22(18-20)25(26)28-12-10-24(29-25)27-11-5-13-31-14-16-32-17-15-31/h3-4,6-10,12,18-19,27,29H,5,11,13-17,26H2,1-2H3. The van der Waals surface area contributed by atoms with Gasteiger partial charge in [0.1, 0.15) is 5.82 Å². The summed E-state index contributed by atoms with van der Waals surface area (Å²) >= 11 is 0. The predicted molar refractivity (Wildman–Crippen MR) is 132 cm³/mol. The van der Waals surface area contributed by atoms with Crippen molar-refractivity contribution in [1.29, 1.82) is 0 Å². The molecule has 2 heterocycles. The molecule has 0 aliphatic carbocycles. The lowest BCUT2D eigenvalue weighted by Gasteiger charge is -2.32. The highest BCUT2D eigenvalue weighted by atomic mass is 16.5. The number of anilines is 1. The van der Waals surface area contributed by atoms with Gasteiger partial charge in [0.2, 0.25) is 5.79 Å². The Balaban J connectivity index is 1.39. The fourth-order valence-electron chi connectivity index (χ4n) is 4.01. The summed E-state index contributed by atoms with van der Waals surface area (Å²) in [5.41, 5.74) is 11.0. The summed E-state index contributed by atoms with van der Waals surface area (Å²) < 4.78 is 5.41. The van der Waals surface area contributed by atoms with Crippen molar-refractivity contribution in [2.24, 2.45) is 10.7 Å². The second-order valence-corrected chi connectivity index (χ2v) is 8.51. The molecule has 0 aromatic heterocycles. The van der Waals surface area contributed by atoms with Crippen molar-refractivity contribution in [2.45, 2.75) is 12.2 Å². The summed E-state index contributed by atoms with van der Waals surface area (Å²) in [6.07, 6.45) is 4.77. The van der Waals surface area contributed by atoms with Gasteiger partial charge in [-0.05, 0) is 48.4 Å². The van der Waals surface area contributed by atoms with E-state index in [2.05, 4.69) is 61.8 Å². The van der Waals surface area contributed by atoms with E-state index in [0.717, 1.165) is 74.0 Å². The van der Waals surface area contributed by atoms with E-state index >= 15 is 0 Å². The van der Waals surface area contributed by atoms with Crippen LogP contribution in [-0.4, -0.2) is 64.6 Å². The maximum absolute atomic E-state index is 6.70. The predicted octanol–water partition coefficient (Wildman–Crippen LogP) is 2.32. The summed E-state index contributed by atoms with van der Waals surface area (Å²) in [6.45, 7) is 5.66. The third-order valence-electron chi connectivity index (χ3n) is 5.91. The number of hydrogen-bond donors (Lipinski definition) is 3. The van der Waals surface area contributed by atoms with E-state index in [0.29, 0.717) is 0 Å². The zero-order valence-corrected chi connectivity index (χ0v) is 19.1. The number of nitrogens with one attached hydrogen (secondary N) is 2. The van der Waals surface area contributed by atoms with Gasteiger partial charge in [-0.15, -0.1) is 0 Å². The molecule has 32 heavy (non-hydrogen) atoms. The second kappa shape index (κ2) is 10.2. The molecule has 170 valence electrons. The van der Waals surface area contributed by atoms with Crippen LogP contribution >= 0.6 is 0 Å². The Kier molecular flexibility index (Phi) is 7.09. The minimum Gasteiger partial charge on any atom is -0.379 e. The van der Waals surface area contributed by atoms with Gasteiger partial charge in [0.25, 0.3) is 0 Å². The molecular weight excluding hydrogens is 400 g/mol. The van der Waals surface area contributed by atoms with Crippen molar-refractivity contribution in [3.05, 3.63) is 66.0 Å². The number of ether oxygens (including phenoxy) is 1. The van der Waals surface area contributed by atoms with Crippen LogP contribution < -0.4 is 21.3 Å². The third-order valence-corrected chi connectivity index (χ3v) is 5.91. The Bertz CT molecular complexity index is 966. The third kappa shape index (κ3) is 5.48. The molecule has 4 N–H and O–H groups in total. The molecule has 7 nitrogen and oxygen atoms in total. The van der Waals surface area contributed by atoms with E-state index in [-0.39, 0.29) is 0 Å². The van der Waals surface area contributed by atoms with Crippen molar-refractivity contribution in [3.8, 4) is 11.1 Å². The quantitative estimate of drug-likeness (QED) is 0.554. The zero-order valence-electron chi connectivity index (χ0n) is 19.1. The second-order valence-electron chi connectivity index (χ2n) is 8.51. The van der Waals surface area contributed by atoms with Crippen LogP contribution in [-0.2, 0) is 10.5 Å². The van der Waals surface area contributed by atoms with Crippen LogP contribution in [0, 0.1) is 0 Å². The molecule has 1 unspecified atom stereocenters. The number of benzene rings is 2. The van der Waals surface area contributed by atoms with Crippen molar-refractivity contribution in [3.63, 3.8) is 0 Å². The lowest BCUT2D eigenvalue weighted by atomic mass is 9.99. The van der Waals surface area contributed by atoms with Gasteiger partial charge >= 0.3 is 0 Å². The largest absolute Gasteiger partial charge is 0.379 e. The first-order valence-electron chi connectivity index (χ1n) is 11.3. The monoisotopic (exact) mass is 434 g/mol. The molecule has 4 rings (SSSR count). The summed E-state index contributed by atoms with van der Waals surface area (Å²) in [7, 11) is 4.10. The van der Waals surface area contributed by atoms with Gasteiger partial charge in [-0.2, -0.15) is 0 Å². The van der Waals surface area contributed by atoms with Gasteiger partial charge in [0.15, 0.2) is 0 Å². The number of rotatable bonds is 8. The number of aliphatic imine (C=N–C) groups is 1. The summed E-state index contributed by atoms with van der Waals surface area (Å²) in [5, 5.41) is 6.85. The van der Waals surface area contributed by atoms with Crippen LogP contribution in [0.25, 0.3) is 11.1 Å². The molecule has 0 radical (unpaired) electrons. The van der Waals surface area contributed by atoms with E-state index < -0.39 is 5.79 Å². The number of allylic oxidation sites excluding steroid dienone is 1. The molecule has 0 saturated carbocycles. The first kappa shape index (κ1) is 22.3. The Labute approximate surface area is 190 Å². The molecule has 2 aromatic rings. The molecule has 0 bridgehead atoms. The molecule has 2 aromatic carbocycles. The normalized spacial score (nSPS) is 21.0. The molecular formula is C25H34N6O. The van der Waals surface area contributed by atoms with Crippen molar-refractivity contribution in [2.75, 3.05) is 58.4 Å². The molecule has 1 saturated heterocycles. The molecule has 0 amide bonds. The maximum atomic E-state index is 6.70. The van der Waals surface area contributed by atoms with E-state index in [1.54, 1.807) is 6.21 Å². The van der Waals surface area contributed by atoms with Crippen LogP contribution in [0.1, 0.15) is 12.0 Å². The van der Waals surface area contributed by atoms with E-state index in [1.807, 2.05) is 32.3 Å². The Morgan fingerprint density at radius 1 is 1.12 bits per heavy atom. The first-order valence-corrected chi connectivity index (χ1v) is 11.3. The summed E-state index contributed by atoms with van der Waals surface area (Å²) in [5.74, 6) is -0.110. The van der Waals surface area contributed by atoms with Gasteiger partial charge in [-0.1, -0.05) is 30.3 Å². The van der Waals surface area contributed by atoms with Crippen molar-refractivity contribution >= 4 is 11.9 Å². The van der Waals surface area contributed by atoms with Crippen molar-refractivity contribution < 1.29 is 4.74 Å². The zero-order chi connectivity index (χ0) is 22.4. The topological polar surface area (TPSA) is 78.2 Å². The fourth-order valence-corrected chi connectivity index (χ4v) is 4.01. The maximum Gasteiger partial charge on any atom is 0.210 e. The van der Waals surface area contributed by atoms with E-state index in [1.165, 1.54) is 0 Å². The lowest BCUT2D eigenvalue weighted by Crippen LogP contribution is -2.52. The summed E-state index contributed by atoms with van der Waals surface area (Å²) in [4.78, 5) is 9.11. The van der Waals surface area contributed by atoms with Crippen LogP contribution in [0.15, 0.2) is 65.4 Å². The summed E-state index contributed by atoms with van der Waals surface area (Å²) in [6, 6.07) is 16.8. The van der Waals surface area contributed by atoms with Crippen LogP contribution in [0.2, 0.25) is 0 Å². The average molecular weight is 435 g/mol. The Hall–Kier alpha value is -2.87. The highest BCUT2D eigenvalue weighted by molar-refractivity contribution is 5.74. The molecule has 1 atom stereocenters. The number of morpholine rings is 1. The highest BCUT2D eigenvalue weighted by Gasteiger charge is 2.28. The van der Waals surface area contributed by atoms with Gasteiger partial charge < -0.3 is 20.3 Å². The number of hydrogen-bond acceptors (Lipinski definition) is 7. The van der Waals surface area contributed by atoms with E-state index in [9.17, 15) is 0 Å². The smallest absolute Gasteiger partial charge is 0.210 e. The minimum absolute atomic E-state index is 0.838. The molecule has 0 spiro atoms. The van der Waals surface area contributed by atoms with Gasteiger partial charge in [-0.3, -0.25) is 10.6 Å². The highest BCUT2D eigenvalue weighted by Crippen LogP contribution is 2.28. The SMILES string of the molecule is CN(C)c1cccc(-c2cccc(C3(N)N=CC=C(NCCCN4CCOCC4)N3)c2)c1. The lowest BCUT2D eigenvalue weighted by molar-refractivity contribution is 0.0375. The van der Waals surface area contributed by atoms with Gasteiger partial charge in [-0.25, -0.2) is 4.99 Å². The Morgan fingerprint density at radius 2 is 1.88 bits per heavy atom. The Morgan fingerprint density at radius 3 is 2.66 bits per heavy atom. The fraction of sp³-hybridized carbons (Fsp3) is 0.400. The van der Waals surface area contributed by atoms with Crippen molar-refractivity contribution in [1.82, 2.24) is 15.5 Å². The first-order chi connectivity index (χ1) is 15.5. The van der Waals surface area contributed by atoms with Crippen LogP contribution in [0.3, 0.4) is 0 Å². The van der Waals surface area contributed by atoms with Gasteiger partial charge in [0.05, 0.1) is 13.2 Å². The average Bonchev–Trinajstić information content (AvgIpc) is 2.83. The molecule has 7 heteroatoms. The van der Waals surface area contributed by atoms with Gasteiger partial charge in [0, 0.05) is 51.2 Å². The van der Waals surface area contributed by atoms with E-state index in [4.69, 9.17) is 10.5 Å². The molecule has 1 fully saturated rings.